The zero-order valence-electron chi connectivity index (χ0n) is 9.03. The van der Waals surface area contributed by atoms with Crippen molar-refractivity contribution >= 4 is 27.5 Å². The van der Waals surface area contributed by atoms with Gasteiger partial charge in [-0.3, -0.25) is 4.40 Å². The lowest BCUT2D eigenvalue weighted by Crippen LogP contribution is -2.07. The monoisotopic (exact) mass is 282 g/mol. The Kier molecular flexibility index (Phi) is 2.96. The fourth-order valence-electron chi connectivity index (χ4n) is 1.45. The highest BCUT2D eigenvalue weighted by Gasteiger charge is 2.13. The molecule has 0 radical (unpaired) electrons. The van der Waals surface area contributed by atoms with Crippen LogP contribution in [0, 0.1) is 6.92 Å². The smallest absolute Gasteiger partial charge is 0.356 e. The summed E-state index contributed by atoms with van der Waals surface area (Å²) in [5, 5.41) is 0. The Bertz CT molecular complexity index is 548. The Morgan fingerprint density at radius 3 is 3.06 bits per heavy atom. The first-order valence-electron chi connectivity index (χ1n) is 4.93. The number of carbonyl (C=O) groups excluding carboxylic acids is 1. The van der Waals surface area contributed by atoms with Crippen LogP contribution in [0.5, 0.6) is 0 Å². The molecule has 2 aromatic heterocycles. The Morgan fingerprint density at radius 2 is 2.38 bits per heavy atom. The molecule has 0 saturated heterocycles. The molecule has 0 amide bonds. The number of aromatic nitrogens is 2. The predicted octanol–water partition coefficient (Wildman–Crippen LogP) is 2.58. The van der Waals surface area contributed by atoms with E-state index in [0.717, 1.165) is 15.7 Å². The first-order valence-corrected chi connectivity index (χ1v) is 5.73. The van der Waals surface area contributed by atoms with E-state index in [4.69, 9.17) is 4.74 Å². The van der Waals surface area contributed by atoms with Crippen LogP contribution in [0.3, 0.4) is 0 Å². The molecule has 0 N–H and O–H groups in total. The van der Waals surface area contributed by atoms with Crippen molar-refractivity contribution in [1.29, 1.82) is 0 Å². The van der Waals surface area contributed by atoms with E-state index in [1.807, 2.05) is 19.2 Å². The summed E-state index contributed by atoms with van der Waals surface area (Å²) in [4.78, 5) is 15.8. The number of aryl methyl sites for hydroxylation is 1. The van der Waals surface area contributed by atoms with Crippen molar-refractivity contribution in [3.63, 3.8) is 0 Å². The van der Waals surface area contributed by atoms with E-state index in [-0.39, 0.29) is 5.97 Å². The molecule has 2 heterocycles. The van der Waals surface area contributed by atoms with Gasteiger partial charge in [0.1, 0.15) is 5.65 Å². The van der Waals surface area contributed by atoms with Crippen molar-refractivity contribution in [3.05, 3.63) is 34.2 Å². The van der Waals surface area contributed by atoms with E-state index in [0.29, 0.717) is 12.3 Å². The molecule has 0 atom stereocenters. The SMILES string of the molecule is CCOC(=O)c1cnc2cc(C)c(Br)cn12. The van der Waals surface area contributed by atoms with Crippen LogP contribution in [0.25, 0.3) is 5.65 Å². The van der Waals surface area contributed by atoms with Gasteiger partial charge in [0.05, 0.1) is 12.8 Å². The second-order valence-electron chi connectivity index (χ2n) is 3.40. The van der Waals surface area contributed by atoms with E-state index in [9.17, 15) is 4.79 Å². The molecular formula is C11H11BrN2O2. The van der Waals surface area contributed by atoms with Gasteiger partial charge in [0, 0.05) is 10.7 Å². The summed E-state index contributed by atoms with van der Waals surface area (Å²) >= 11 is 3.42. The van der Waals surface area contributed by atoms with Crippen LogP contribution in [-0.2, 0) is 4.74 Å². The molecule has 2 rings (SSSR count). The van der Waals surface area contributed by atoms with Gasteiger partial charge in [0.25, 0.3) is 0 Å². The number of nitrogens with zero attached hydrogens (tertiary/aromatic N) is 2. The summed E-state index contributed by atoms with van der Waals surface area (Å²) in [6.07, 6.45) is 3.35. The zero-order valence-corrected chi connectivity index (χ0v) is 10.6. The third-order valence-corrected chi connectivity index (χ3v) is 3.10. The number of fused-ring (bicyclic) bond motifs is 1. The second kappa shape index (κ2) is 4.25. The van der Waals surface area contributed by atoms with Gasteiger partial charge >= 0.3 is 5.97 Å². The molecular weight excluding hydrogens is 272 g/mol. The molecule has 0 fully saturated rings. The van der Waals surface area contributed by atoms with Crippen molar-refractivity contribution in [1.82, 2.24) is 9.38 Å². The molecule has 5 heteroatoms. The average Bonchev–Trinajstić information content (AvgIpc) is 2.62. The summed E-state index contributed by atoms with van der Waals surface area (Å²) in [6, 6.07) is 1.91. The van der Waals surface area contributed by atoms with Crippen LogP contribution < -0.4 is 0 Å². The summed E-state index contributed by atoms with van der Waals surface area (Å²) in [5.74, 6) is -0.356. The molecule has 84 valence electrons. The van der Waals surface area contributed by atoms with Gasteiger partial charge in [-0.1, -0.05) is 0 Å². The summed E-state index contributed by atoms with van der Waals surface area (Å²) < 4.78 is 7.60. The number of esters is 1. The molecule has 0 aromatic carbocycles. The molecule has 0 saturated carbocycles. The van der Waals surface area contributed by atoms with Gasteiger partial charge < -0.3 is 4.74 Å². The van der Waals surface area contributed by atoms with Crippen molar-refractivity contribution in [2.75, 3.05) is 6.61 Å². The molecule has 0 bridgehead atoms. The van der Waals surface area contributed by atoms with Gasteiger partial charge in [-0.25, -0.2) is 9.78 Å². The maximum atomic E-state index is 11.6. The van der Waals surface area contributed by atoms with Gasteiger partial charge in [0.15, 0.2) is 5.69 Å². The lowest BCUT2D eigenvalue weighted by atomic mass is 10.3. The van der Waals surface area contributed by atoms with Crippen LogP contribution in [0.2, 0.25) is 0 Å². The maximum Gasteiger partial charge on any atom is 0.356 e. The summed E-state index contributed by atoms with van der Waals surface area (Å²) in [7, 11) is 0. The minimum Gasteiger partial charge on any atom is -0.461 e. The molecule has 0 unspecified atom stereocenters. The largest absolute Gasteiger partial charge is 0.461 e. The van der Waals surface area contributed by atoms with Gasteiger partial charge in [-0.2, -0.15) is 0 Å². The van der Waals surface area contributed by atoms with Crippen molar-refractivity contribution in [3.8, 4) is 0 Å². The fraction of sp³-hybridized carbons (Fsp3) is 0.273. The standard InChI is InChI=1S/C11H11BrN2O2/c1-3-16-11(15)9-5-13-10-4-7(2)8(12)6-14(9)10/h4-6H,3H2,1-2H3. The predicted molar refractivity (Wildman–Crippen MR) is 63.6 cm³/mol. The first-order chi connectivity index (χ1) is 7.63. The Hall–Kier alpha value is -1.36. The molecule has 16 heavy (non-hydrogen) atoms. The topological polar surface area (TPSA) is 43.6 Å². The van der Waals surface area contributed by atoms with Crippen molar-refractivity contribution in [2.45, 2.75) is 13.8 Å². The number of carbonyl (C=O) groups is 1. The Labute approximate surface area is 101 Å². The van der Waals surface area contributed by atoms with E-state index >= 15 is 0 Å². The number of rotatable bonds is 2. The highest BCUT2D eigenvalue weighted by Crippen LogP contribution is 2.19. The minimum atomic E-state index is -0.356. The molecule has 4 nitrogen and oxygen atoms in total. The number of imidazole rings is 1. The third-order valence-electron chi connectivity index (χ3n) is 2.27. The number of ether oxygens (including phenoxy) is 1. The zero-order chi connectivity index (χ0) is 11.7. The number of hydrogen-bond acceptors (Lipinski definition) is 3. The highest BCUT2D eigenvalue weighted by molar-refractivity contribution is 9.10. The average molecular weight is 283 g/mol. The maximum absolute atomic E-state index is 11.6. The van der Waals surface area contributed by atoms with E-state index in [1.54, 1.807) is 11.3 Å². The van der Waals surface area contributed by atoms with Gasteiger partial charge in [-0.15, -0.1) is 0 Å². The lowest BCUT2D eigenvalue weighted by Gasteiger charge is -2.03. The quantitative estimate of drug-likeness (QED) is 0.796. The fourth-order valence-corrected chi connectivity index (χ4v) is 1.77. The van der Waals surface area contributed by atoms with Crippen LogP contribution in [0.1, 0.15) is 23.0 Å². The van der Waals surface area contributed by atoms with Crippen molar-refractivity contribution in [2.24, 2.45) is 0 Å². The lowest BCUT2D eigenvalue weighted by molar-refractivity contribution is 0.0518. The Morgan fingerprint density at radius 1 is 1.62 bits per heavy atom. The Balaban J connectivity index is 2.56. The van der Waals surface area contributed by atoms with E-state index in [1.165, 1.54) is 6.20 Å². The van der Waals surface area contributed by atoms with Crippen LogP contribution in [-0.4, -0.2) is 22.0 Å². The number of pyridine rings is 1. The number of halogens is 1. The minimum absolute atomic E-state index is 0.356. The van der Waals surface area contributed by atoms with Crippen LogP contribution >= 0.6 is 15.9 Å². The molecule has 2 aromatic rings. The summed E-state index contributed by atoms with van der Waals surface area (Å²) in [6.45, 7) is 4.11. The highest BCUT2D eigenvalue weighted by atomic mass is 79.9. The number of hydrogen-bond donors (Lipinski definition) is 0. The van der Waals surface area contributed by atoms with E-state index < -0.39 is 0 Å². The molecule has 0 aliphatic rings. The van der Waals surface area contributed by atoms with Crippen LogP contribution in [0.4, 0.5) is 0 Å². The molecule has 0 aliphatic carbocycles. The van der Waals surface area contributed by atoms with Crippen molar-refractivity contribution < 1.29 is 9.53 Å². The first kappa shape index (κ1) is 11.1. The molecule has 0 spiro atoms. The molecule has 0 aliphatic heterocycles. The van der Waals surface area contributed by atoms with Gasteiger partial charge in [0.2, 0.25) is 0 Å². The van der Waals surface area contributed by atoms with E-state index in [2.05, 4.69) is 20.9 Å². The third kappa shape index (κ3) is 1.82. The van der Waals surface area contributed by atoms with Crippen LogP contribution in [0.15, 0.2) is 22.9 Å². The normalized spacial score (nSPS) is 10.7. The second-order valence-corrected chi connectivity index (χ2v) is 4.25. The summed E-state index contributed by atoms with van der Waals surface area (Å²) in [5.41, 5.74) is 2.26. The van der Waals surface area contributed by atoms with Gasteiger partial charge in [-0.05, 0) is 41.4 Å².